The third-order valence-corrected chi connectivity index (χ3v) is 3.32. The molecule has 3 nitrogen and oxygen atoms in total. The number of carbonyl (C=O) groups is 1. The second-order valence-electron chi connectivity index (χ2n) is 5.08. The molecule has 0 saturated carbocycles. The Hall–Kier alpha value is -2.29. The Morgan fingerprint density at radius 1 is 1.05 bits per heavy atom. The number of benzene rings is 2. The molecule has 0 atom stereocenters. The molecule has 0 fully saturated rings. The highest BCUT2D eigenvalue weighted by Gasteiger charge is 2.10. The smallest absolute Gasteiger partial charge is 0.321 e. The van der Waals surface area contributed by atoms with Crippen molar-refractivity contribution in [3.05, 3.63) is 65.2 Å². The Labute approximate surface area is 120 Å². The number of hydrogen-bond donors (Lipinski definition) is 1. The fourth-order valence-electron chi connectivity index (χ4n) is 1.97. The maximum atomic E-state index is 12.1. The predicted molar refractivity (Wildman–Crippen MR) is 82.8 cm³/mol. The van der Waals surface area contributed by atoms with Gasteiger partial charge in [-0.2, -0.15) is 0 Å². The second kappa shape index (κ2) is 6.24. The van der Waals surface area contributed by atoms with E-state index in [4.69, 9.17) is 0 Å². The average molecular weight is 268 g/mol. The Bertz CT molecular complexity index is 590. The molecule has 104 valence electrons. The zero-order valence-electron chi connectivity index (χ0n) is 12.2. The van der Waals surface area contributed by atoms with E-state index in [1.807, 2.05) is 49.4 Å². The summed E-state index contributed by atoms with van der Waals surface area (Å²) in [5.74, 6) is 0. The van der Waals surface area contributed by atoms with Gasteiger partial charge in [-0.15, -0.1) is 0 Å². The van der Waals surface area contributed by atoms with Crippen molar-refractivity contribution in [2.45, 2.75) is 20.4 Å². The summed E-state index contributed by atoms with van der Waals surface area (Å²) in [5, 5.41) is 2.90. The van der Waals surface area contributed by atoms with Crippen LogP contribution >= 0.6 is 0 Å². The van der Waals surface area contributed by atoms with Crippen molar-refractivity contribution in [3.63, 3.8) is 0 Å². The molecule has 1 N–H and O–H groups in total. The number of anilines is 1. The molecule has 0 saturated heterocycles. The highest BCUT2D eigenvalue weighted by atomic mass is 16.2. The van der Waals surface area contributed by atoms with Crippen molar-refractivity contribution in [1.29, 1.82) is 0 Å². The number of amides is 2. The summed E-state index contributed by atoms with van der Waals surface area (Å²) in [5.41, 5.74) is 4.35. The molecule has 0 radical (unpaired) electrons. The number of carbonyl (C=O) groups excluding carboxylic acids is 1. The van der Waals surface area contributed by atoms with E-state index in [2.05, 4.69) is 18.3 Å². The summed E-state index contributed by atoms with van der Waals surface area (Å²) < 4.78 is 0. The molecule has 0 aliphatic rings. The van der Waals surface area contributed by atoms with E-state index in [-0.39, 0.29) is 6.03 Å². The van der Waals surface area contributed by atoms with Gasteiger partial charge in [0.15, 0.2) is 0 Å². The van der Waals surface area contributed by atoms with Crippen molar-refractivity contribution in [2.24, 2.45) is 0 Å². The van der Waals surface area contributed by atoms with Crippen LogP contribution < -0.4 is 5.32 Å². The van der Waals surface area contributed by atoms with Crippen LogP contribution in [0, 0.1) is 13.8 Å². The first kappa shape index (κ1) is 14.1. The number of hydrogen-bond acceptors (Lipinski definition) is 1. The molecule has 3 heteroatoms. The van der Waals surface area contributed by atoms with Gasteiger partial charge in [-0.3, -0.25) is 0 Å². The van der Waals surface area contributed by atoms with E-state index in [1.54, 1.807) is 11.9 Å². The van der Waals surface area contributed by atoms with Gasteiger partial charge in [-0.1, -0.05) is 42.0 Å². The van der Waals surface area contributed by atoms with E-state index < -0.39 is 0 Å². The minimum Gasteiger partial charge on any atom is -0.323 e. The average Bonchev–Trinajstić information content (AvgIpc) is 2.44. The van der Waals surface area contributed by atoms with Gasteiger partial charge in [0.25, 0.3) is 0 Å². The molecule has 2 amide bonds. The lowest BCUT2D eigenvalue weighted by atomic mass is 10.1. The standard InChI is InChI=1S/C17H20N2O/c1-13-8-10-16(11-9-13)18-17(20)19(3)12-15-7-5-4-6-14(15)2/h4-11H,12H2,1-3H3,(H,18,20). The van der Waals surface area contributed by atoms with Crippen LogP contribution in [-0.4, -0.2) is 18.0 Å². The topological polar surface area (TPSA) is 32.3 Å². The largest absolute Gasteiger partial charge is 0.323 e. The number of rotatable bonds is 3. The third-order valence-electron chi connectivity index (χ3n) is 3.32. The normalized spacial score (nSPS) is 10.2. The first-order valence-corrected chi connectivity index (χ1v) is 6.69. The molecule has 0 aliphatic carbocycles. The van der Waals surface area contributed by atoms with Gasteiger partial charge in [0.1, 0.15) is 0 Å². The summed E-state index contributed by atoms with van der Waals surface area (Å²) in [7, 11) is 1.80. The van der Waals surface area contributed by atoms with Crippen LogP contribution in [0.1, 0.15) is 16.7 Å². The summed E-state index contributed by atoms with van der Waals surface area (Å²) >= 11 is 0. The van der Waals surface area contributed by atoms with Crippen LogP contribution in [0.15, 0.2) is 48.5 Å². The Morgan fingerprint density at radius 3 is 2.35 bits per heavy atom. The minimum absolute atomic E-state index is 0.0999. The van der Waals surface area contributed by atoms with E-state index in [1.165, 1.54) is 11.1 Å². The molecule has 0 heterocycles. The van der Waals surface area contributed by atoms with E-state index in [0.29, 0.717) is 6.54 Å². The maximum Gasteiger partial charge on any atom is 0.321 e. The molecular formula is C17H20N2O. The molecule has 0 unspecified atom stereocenters. The summed E-state index contributed by atoms with van der Waals surface area (Å²) in [4.78, 5) is 13.8. The van der Waals surface area contributed by atoms with Crippen molar-refractivity contribution < 1.29 is 4.79 Å². The molecule has 0 spiro atoms. The van der Waals surface area contributed by atoms with Crippen molar-refractivity contribution in [3.8, 4) is 0 Å². The lowest BCUT2D eigenvalue weighted by Gasteiger charge is -2.19. The van der Waals surface area contributed by atoms with E-state index in [0.717, 1.165) is 11.3 Å². The lowest BCUT2D eigenvalue weighted by molar-refractivity contribution is 0.220. The molecule has 2 aromatic carbocycles. The van der Waals surface area contributed by atoms with Crippen LogP contribution in [0.3, 0.4) is 0 Å². The fraction of sp³-hybridized carbons (Fsp3) is 0.235. The van der Waals surface area contributed by atoms with Crippen molar-refractivity contribution >= 4 is 11.7 Å². The van der Waals surface area contributed by atoms with Gasteiger partial charge >= 0.3 is 6.03 Å². The van der Waals surface area contributed by atoms with Crippen molar-refractivity contribution in [1.82, 2.24) is 4.90 Å². The maximum absolute atomic E-state index is 12.1. The second-order valence-corrected chi connectivity index (χ2v) is 5.08. The number of urea groups is 1. The zero-order valence-corrected chi connectivity index (χ0v) is 12.2. The summed E-state index contributed by atoms with van der Waals surface area (Å²) in [6, 6.07) is 15.8. The SMILES string of the molecule is Cc1ccc(NC(=O)N(C)Cc2ccccc2C)cc1. The number of nitrogens with zero attached hydrogens (tertiary/aromatic N) is 1. The van der Waals surface area contributed by atoms with Gasteiger partial charge < -0.3 is 10.2 Å². The van der Waals surface area contributed by atoms with Crippen LogP contribution in [0.4, 0.5) is 10.5 Å². The minimum atomic E-state index is -0.0999. The lowest BCUT2D eigenvalue weighted by Crippen LogP contribution is -2.31. The van der Waals surface area contributed by atoms with E-state index in [9.17, 15) is 4.79 Å². The van der Waals surface area contributed by atoms with Gasteiger partial charge in [-0.25, -0.2) is 4.79 Å². The molecule has 20 heavy (non-hydrogen) atoms. The van der Waals surface area contributed by atoms with Gasteiger partial charge in [-0.05, 0) is 37.1 Å². The van der Waals surface area contributed by atoms with Crippen LogP contribution in [0.2, 0.25) is 0 Å². The first-order valence-electron chi connectivity index (χ1n) is 6.69. The van der Waals surface area contributed by atoms with Gasteiger partial charge in [0, 0.05) is 19.3 Å². The van der Waals surface area contributed by atoms with Gasteiger partial charge in [0.05, 0.1) is 0 Å². The molecule has 2 rings (SSSR count). The molecule has 2 aromatic rings. The summed E-state index contributed by atoms with van der Waals surface area (Å²) in [6.07, 6.45) is 0. The first-order chi connectivity index (χ1) is 9.56. The number of nitrogens with one attached hydrogen (secondary N) is 1. The van der Waals surface area contributed by atoms with Crippen molar-refractivity contribution in [2.75, 3.05) is 12.4 Å². The van der Waals surface area contributed by atoms with Crippen LogP contribution in [-0.2, 0) is 6.54 Å². The highest BCUT2D eigenvalue weighted by molar-refractivity contribution is 5.89. The third kappa shape index (κ3) is 3.60. The Kier molecular flexibility index (Phi) is 4.41. The number of aryl methyl sites for hydroxylation is 2. The summed E-state index contributed by atoms with van der Waals surface area (Å²) in [6.45, 7) is 4.68. The molecule has 0 bridgehead atoms. The fourth-order valence-corrected chi connectivity index (χ4v) is 1.97. The van der Waals surface area contributed by atoms with E-state index >= 15 is 0 Å². The highest BCUT2D eigenvalue weighted by Crippen LogP contribution is 2.12. The molecule has 0 aliphatic heterocycles. The Balaban J connectivity index is 1.99. The van der Waals surface area contributed by atoms with Crippen LogP contribution in [0.25, 0.3) is 0 Å². The predicted octanol–water partition coefficient (Wildman–Crippen LogP) is 3.97. The van der Waals surface area contributed by atoms with Crippen LogP contribution in [0.5, 0.6) is 0 Å². The van der Waals surface area contributed by atoms with Gasteiger partial charge in [0.2, 0.25) is 0 Å². The quantitative estimate of drug-likeness (QED) is 0.897. The Morgan fingerprint density at radius 2 is 1.70 bits per heavy atom. The monoisotopic (exact) mass is 268 g/mol. The molecule has 0 aromatic heterocycles. The zero-order chi connectivity index (χ0) is 14.5. The molecular weight excluding hydrogens is 248 g/mol.